The van der Waals surface area contributed by atoms with Gasteiger partial charge < -0.3 is 5.32 Å². The molecule has 0 spiro atoms. The van der Waals surface area contributed by atoms with Crippen LogP contribution in [0.25, 0.3) is 0 Å². The number of halogens is 1. The molecule has 130 valence electrons. The fourth-order valence-corrected chi connectivity index (χ4v) is 6.41. The van der Waals surface area contributed by atoms with Gasteiger partial charge in [0.1, 0.15) is 0 Å². The predicted molar refractivity (Wildman–Crippen MR) is 99.5 cm³/mol. The number of carbonyl (C=O) groups excluding carboxylic acids is 1. The summed E-state index contributed by atoms with van der Waals surface area (Å²) in [5, 5.41) is 3.03. The van der Waals surface area contributed by atoms with E-state index < -0.39 is 0 Å². The van der Waals surface area contributed by atoms with Crippen LogP contribution in [0.15, 0.2) is 24.3 Å². The molecular formula is C21H28ClNO. The van der Waals surface area contributed by atoms with Crippen LogP contribution < -0.4 is 5.32 Å². The number of rotatable bonds is 2. The largest absolute Gasteiger partial charge is 0.326 e. The molecule has 1 aromatic rings. The minimum Gasteiger partial charge on any atom is -0.326 e. The zero-order valence-electron chi connectivity index (χ0n) is 15.0. The van der Waals surface area contributed by atoms with Crippen LogP contribution in [0, 0.1) is 17.3 Å². The molecule has 4 saturated carbocycles. The van der Waals surface area contributed by atoms with E-state index in [9.17, 15) is 4.79 Å². The zero-order valence-corrected chi connectivity index (χ0v) is 15.7. The molecule has 0 heterocycles. The molecule has 1 N–H and O–H groups in total. The molecule has 2 unspecified atom stereocenters. The van der Waals surface area contributed by atoms with Gasteiger partial charge in [-0.3, -0.25) is 4.79 Å². The summed E-state index contributed by atoms with van der Waals surface area (Å²) in [6, 6.07) is 8.59. The summed E-state index contributed by atoms with van der Waals surface area (Å²) < 4.78 is 0. The van der Waals surface area contributed by atoms with Gasteiger partial charge in [0.25, 0.3) is 0 Å². The summed E-state index contributed by atoms with van der Waals surface area (Å²) in [4.78, 5) is 12.2. The summed E-state index contributed by atoms with van der Waals surface area (Å²) in [7, 11) is 0. The van der Waals surface area contributed by atoms with Gasteiger partial charge in [0.15, 0.2) is 0 Å². The molecule has 5 rings (SSSR count). The van der Waals surface area contributed by atoms with Crippen LogP contribution in [-0.4, -0.2) is 10.8 Å². The van der Waals surface area contributed by atoms with E-state index in [1.54, 1.807) is 0 Å². The van der Waals surface area contributed by atoms with Crippen LogP contribution in [-0.2, 0) is 10.2 Å². The SMILES string of the molecule is CC(C)(C)C(=O)Nc1ccc(C23CC4CC(CC(Cl)(C4)C2)C3)cc1. The molecule has 24 heavy (non-hydrogen) atoms. The van der Waals surface area contributed by atoms with Crippen LogP contribution in [0.2, 0.25) is 0 Å². The first-order valence-electron chi connectivity index (χ1n) is 9.29. The van der Waals surface area contributed by atoms with Crippen molar-refractivity contribution in [1.29, 1.82) is 0 Å². The van der Waals surface area contributed by atoms with Crippen LogP contribution in [0.3, 0.4) is 0 Å². The summed E-state index contributed by atoms with van der Waals surface area (Å²) in [6.07, 6.45) is 7.54. The number of benzene rings is 1. The van der Waals surface area contributed by atoms with E-state index in [1.165, 1.54) is 37.7 Å². The first-order valence-corrected chi connectivity index (χ1v) is 9.66. The molecule has 1 aromatic carbocycles. The van der Waals surface area contributed by atoms with Crippen molar-refractivity contribution in [3.8, 4) is 0 Å². The maximum atomic E-state index is 12.2. The van der Waals surface area contributed by atoms with E-state index in [2.05, 4.69) is 29.6 Å². The lowest BCUT2D eigenvalue weighted by molar-refractivity contribution is -0.123. The molecule has 0 radical (unpaired) electrons. The Morgan fingerprint density at radius 3 is 2.17 bits per heavy atom. The van der Waals surface area contributed by atoms with Crippen LogP contribution in [0.5, 0.6) is 0 Å². The molecule has 4 bridgehead atoms. The van der Waals surface area contributed by atoms with Crippen LogP contribution >= 0.6 is 11.6 Å². The molecule has 1 amide bonds. The molecule has 3 heteroatoms. The molecule has 4 fully saturated rings. The topological polar surface area (TPSA) is 29.1 Å². The van der Waals surface area contributed by atoms with E-state index in [4.69, 9.17) is 11.6 Å². The van der Waals surface area contributed by atoms with Crippen molar-refractivity contribution >= 4 is 23.2 Å². The summed E-state index contributed by atoms with van der Waals surface area (Å²) in [5.74, 6) is 1.68. The summed E-state index contributed by atoms with van der Waals surface area (Å²) >= 11 is 6.96. The number of amides is 1. The Bertz CT molecular complexity index is 643. The molecular weight excluding hydrogens is 318 g/mol. The number of hydrogen-bond donors (Lipinski definition) is 1. The monoisotopic (exact) mass is 345 g/mol. The fraction of sp³-hybridized carbons (Fsp3) is 0.667. The quantitative estimate of drug-likeness (QED) is 0.704. The second kappa shape index (κ2) is 5.24. The lowest BCUT2D eigenvalue weighted by Crippen LogP contribution is -2.55. The van der Waals surface area contributed by atoms with Crippen molar-refractivity contribution in [1.82, 2.24) is 0 Å². The van der Waals surface area contributed by atoms with Crippen molar-refractivity contribution in [3.63, 3.8) is 0 Å². The normalized spacial score (nSPS) is 37.5. The number of nitrogens with one attached hydrogen (secondary N) is 1. The van der Waals surface area contributed by atoms with Gasteiger partial charge in [-0.15, -0.1) is 11.6 Å². The Labute approximate surface area is 150 Å². The Hall–Kier alpha value is -1.02. The maximum Gasteiger partial charge on any atom is 0.229 e. The van der Waals surface area contributed by atoms with Gasteiger partial charge >= 0.3 is 0 Å². The van der Waals surface area contributed by atoms with E-state index in [1.807, 2.05) is 20.8 Å². The minimum absolute atomic E-state index is 0.0448. The summed E-state index contributed by atoms with van der Waals surface area (Å²) in [5.41, 5.74) is 2.22. The molecule has 0 saturated heterocycles. The minimum atomic E-state index is -0.371. The van der Waals surface area contributed by atoms with Crippen molar-refractivity contribution in [2.75, 3.05) is 5.32 Å². The molecule has 2 atom stereocenters. The highest BCUT2D eigenvalue weighted by atomic mass is 35.5. The number of hydrogen-bond acceptors (Lipinski definition) is 1. The molecule has 4 aliphatic carbocycles. The highest BCUT2D eigenvalue weighted by Crippen LogP contribution is 2.64. The second-order valence-electron chi connectivity index (χ2n) is 9.67. The smallest absolute Gasteiger partial charge is 0.229 e. The lowest BCUT2D eigenvalue weighted by Gasteiger charge is -2.60. The Kier molecular flexibility index (Phi) is 3.59. The van der Waals surface area contributed by atoms with Crippen molar-refractivity contribution in [3.05, 3.63) is 29.8 Å². The summed E-state index contributed by atoms with van der Waals surface area (Å²) in [6.45, 7) is 5.81. The first-order chi connectivity index (χ1) is 11.2. The fourth-order valence-electron chi connectivity index (χ4n) is 5.71. The van der Waals surface area contributed by atoms with Crippen molar-refractivity contribution in [2.45, 2.75) is 69.6 Å². The Morgan fingerprint density at radius 1 is 1.08 bits per heavy atom. The first kappa shape index (κ1) is 16.4. The predicted octanol–water partition coefficient (Wildman–Crippen LogP) is 5.50. The van der Waals surface area contributed by atoms with E-state index >= 15 is 0 Å². The Balaban J connectivity index is 1.56. The van der Waals surface area contributed by atoms with Crippen molar-refractivity contribution < 1.29 is 4.79 Å². The van der Waals surface area contributed by atoms with Gasteiger partial charge in [0.2, 0.25) is 5.91 Å². The molecule has 0 aliphatic heterocycles. The van der Waals surface area contributed by atoms with E-state index in [0.29, 0.717) is 0 Å². The molecule has 2 nitrogen and oxygen atoms in total. The third-order valence-electron chi connectivity index (χ3n) is 6.43. The van der Waals surface area contributed by atoms with E-state index in [0.717, 1.165) is 23.9 Å². The lowest BCUT2D eigenvalue weighted by atomic mass is 9.47. The van der Waals surface area contributed by atoms with Gasteiger partial charge in [0, 0.05) is 16.0 Å². The third-order valence-corrected chi connectivity index (χ3v) is 6.87. The molecule has 4 aliphatic rings. The van der Waals surface area contributed by atoms with Crippen molar-refractivity contribution in [2.24, 2.45) is 17.3 Å². The Morgan fingerprint density at radius 2 is 1.67 bits per heavy atom. The maximum absolute atomic E-state index is 12.2. The molecule has 0 aromatic heterocycles. The van der Waals surface area contributed by atoms with Gasteiger partial charge in [0.05, 0.1) is 0 Å². The third kappa shape index (κ3) is 2.77. The number of anilines is 1. The standard InChI is InChI=1S/C21H28ClNO/c1-19(2,3)18(24)23-17-6-4-16(5-7-17)20-9-14-8-15(10-20)12-21(22,11-14)13-20/h4-7,14-15H,8-13H2,1-3H3,(H,23,24). The highest BCUT2D eigenvalue weighted by molar-refractivity contribution is 6.24. The van der Waals surface area contributed by atoms with Gasteiger partial charge in [-0.2, -0.15) is 0 Å². The number of carbonyl (C=O) groups is 1. The van der Waals surface area contributed by atoms with Crippen LogP contribution in [0.4, 0.5) is 5.69 Å². The number of alkyl halides is 1. The van der Waals surface area contributed by atoms with Gasteiger partial charge in [-0.25, -0.2) is 0 Å². The van der Waals surface area contributed by atoms with E-state index in [-0.39, 0.29) is 21.6 Å². The van der Waals surface area contributed by atoms with Gasteiger partial charge in [-0.05, 0) is 73.5 Å². The average Bonchev–Trinajstić information content (AvgIpc) is 2.44. The zero-order chi connectivity index (χ0) is 17.2. The highest BCUT2D eigenvalue weighted by Gasteiger charge is 2.57. The van der Waals surface area contributed by atoms with Gasteiger partial charge in [-0.1, -0.05) is 32.9 Å². The second-order valence-corrected chi connectivity index (χ2v) is 10.5. The van der Waals surface area contributed by atoms with Crippen LogP contribution in [0.1, 0.15) is 64.9 Å². The average molecular weight is 346 g/mol.